The van der Waals surface area contributed by atoms with Crippen LogP contribution in [0.25, 0.3) is 0 Å². The van der Waals surface area contributed by atoms with E-state index in [4.69, 9.17) is 0 Å². The van der Waals surface area contributed by atoms with Crippen LogP contribution in [-0.2, 0) is 11.2 Å². The molecule has 1 aromatic carbocycles. The van der Waals surface area contributed by atoms with Gasteiger partial charge in [-0.25, -0.2) is 4.79 Å². The van der Waals surface area contributed by atoms with Crippen LogP contribution in [0, 0.1) is 0 Å². The molecular weight excluding hydrogens is 314 g/mol. The molecule has 0 saturated carbocycles. The second kappa shape index (κ2) is 7.69. The molecule has 1 heterocycles. The third-order valence-corrected chi connectivity index (χ3v) is 4.44. The van der Waals surface area contributed by atoms with E-state index in [1.807, 2.05) is 12.1 Å². The number of thiophene rings is 1. The van der Waals surface area contributed by atoms with E-state index in [0.717, 1.165) is 5.56 Å². The minimum atomic E-state index is -0.371. The number of ketones is 1. The largest absolute Gasteiger partial charge is 0.465 e. The van der Waals surface area contributed by atoms with Crippen molar-refractivity contribution in [1.82, 2.24) is 5.32 Å². The lowest BCUT2D eigenvalue weighted by atomic mass is 10.1. The molecule has 0 atom stereocenters. The van der Waals surface area contributed by atoms with Gasteiger partial charge in [-0.15, -0.1) is 11.3 Å². The molecule has 0 aliphatic rings. The molecule has 1 N–H and O–H groups in total. The predicted molar refractivity (Wildman–Crippen MR) is 88.1 cm³/mol. The fourth-order valence-corrected chi connectivity index (χ4v) is 2.80. The van der Waals surface area contributed by atoms with Gasteiger partial charge in [0.2, 0.25) is 0 Å². The van der Waals surface area contributed by atoms with Crippen LogP contribution in [0.4, 0.5) is 0 Å². The highest BCUT2D eigenvalue weighted by Crippen LogP contribution is 2.16. The highest BCUT2D eigenvalue weighted by atomic mass is 32.1. The van der Waals surface area contributed by atoms with Gasteiger partial charge in [0, 0.05) is 6.54 Å². The van der Waals surface area contributed by atoms with Crippen molar-refractivity contribution in [3.8, 4) is 0 Å². The van der Waals surface area contributed by atoms with Crippen LogP contribution in [-0.4, -0.2) is 31.3 Å². The van der Waals surface area contributed by atoms with Gasteiger partial charge in [-0.05, 0) is 43.2 Å². The quantitative estimate of drug-likeness (QED) is 0.652. The van der Waals surface area contributed by atoms with Crippen LogP contribution in [0.5, 0.6) is 0 Å². The molecule has 6 heteroatoms. The summed E-state index contributed by atoms with van der Waals surface area (Å²) < 4.78 is 4.64. The molecule has 0 fully saturated rings. The summed E-state index contributed by atoms with van der Waals surface area (Å²) >= 11 is 1.19. The topological polar surface area (TPSA) is 72.5 Å². The number of rotatable bonds is 6. The number of methoxy groups -OCH3 is 1. The lowest BCUT2D eigenvalue weighted by Gasteiger charge is -2.05. The first-order chi connectivity index (χ1) is 11.0. The second-order valence-electron chi connectivity index (χ2n) is 4.91. The van der Waals surface area contributed by atoms with E-state index in [9.17, 15) is 14.4 Å². The van der Waals surface area contributed by atoms with Crippen LogP contribution >= 0.6 is 11.3 Å². The van der Waals surface area contributed by atoms with Gasteiger partial charge in [0.05, 0.1) is 22.4 Å². The highest BCUT2D eigenvalue weighted by Gasteiger charge is 2.11. The predicted octanol–water partition coefficient (Wildman–Crippen LogP) is 2.71. The van der Waals surface area contributed by atoms with E-state index in [-0.39, 0.29) is 17.7 Å². The number of esters is 1. The number of nitrogens with one attached hydrogen (secondary N) is 1. The highest BCUT2D eigenvalue weighted by molar-refractivity contribution is 7.15. The molecule has 0 aliphatic carbocycles. The summed E-state index contributed by atoms with van der Waals surface area (Å²) in [6.45, 7) is 1.95. The lowest BCUT2D eigenvalue weighted by Crippen LogP contribution is -2.24. The van der Waals surface area contributed by atoms with Gasteiger partial charge >= 0.3 is 5.97 Å². The monoisotopic (exact) mass is 331 g/mol. The van der Waals surface area contributed by atoms with Crippen molar-refractivity contribution < 1.29 is 19.1 Å². The normalized spacial score (nSPS) is 10.2. The molecule has 5 nitrogen and oxygen atoms in total. The number of amides is 1. The molecule has 1 aromatic heterocycles. The standard InChI is InChI=1S/C17H17NO4S/c1-11(19)14-7-8-15(23-14)16(20)18-10-9-12-3-5-13(6-4-12)17(21)22-2/h3-8H,9-10H2,1-2H3,(H,18,20). The Hall–Kier alpha value is -2.47. The first kappa shape index (κ1) is 16.9. The van der Waals surface area contributed by atoms with Crippen molar-refractivity contribution in [2.45, 2.75) is 13.3 Å². The Morgan fingerprint density at radius 1 is 1.04 bits per heavy atom. The van der Waals surface area contributed by atoms with E-state index in [1.165, 1.54) is 25.4 Å². The van der Waals surface area contributed by atoms with Crippen molar-refractivity contribution in [2.75, 3.05) is 13.7 Å². The Labute approximate surface area is 138 Å². The first-order valence-corrected chi connectivity index (χ1v) is 7.89. The summed E-state index contributed by atoms with van der Waals surface area (Å²) in [6, 6.07) is 10.4. The zero-order chi connectivity index (χ0) is 16.8. The number of hydrogen-bond acceptors (Lipinski definition) is 5. The van der Waals surface area contributed by atoms with Crippen LogP contribution in [0.1, 0.15) is 42.2 Å². The van der Waals surface area contributed by atoms with Gasteiger partial charge in [0.25, 0.3) is 5.91 Å². The molecule has 2 aromatic rings. The van der Waals surface area contributed by atoms with E-state index in [2.05, 4.69) is 10.1 Å². The van der Waals surface area contributed by atoms with E-state index in [0.29, 0.717) is 28.3 Å². The summed E-state index contributed by atoms with van der Waals surface area (Å²) in [5.41, 5.74) is 1.50. The first-order valence-electron chi connectivity index (χ1n) is 7.07. The van der Waals surface area contributed by atoms with Crippen molar-refractivity contribution in [2.24, 2.45) is 0 Å². The zero-order valence-electron chi connectivity index (χ0n) is 12.9. The average molecular weight is 331 g/mol. The van der Waals surface area contributed by atoms with Gasteiger partial charge in [0.1, 0.15) is 0 Å². The van der Waals surface area contributed by atoms with Crippen LogP contribution < -0.4 is 5.32 Å². The number of Topliss-reactive ketones (excluding diaryl/α,β-unsaturated/α-hetero) is 1. The summed E-state index contributed by atoms with van der Waals surface area (Å²) in [5, 5.41) is 2.82. The van der Waals surface area contributed by atoms with E-state index in [1.54, 1.807) is 24.3 Å². The van der Waals surface area contributed by atoms with Crippen LogP contribution in [0.2, 0.25) is 0 Å². The zero-order valence-corrected chi connectivity index (χ0v) is 13.7. The smallest absolute Gasteiger partial charge is 0.337 e. The van der Waals surface area contributed by atoms with Gasteiger partial charge in [-0.2, -0.15) is 0 Å². The Morgan fingerprint density at radius 3 is 2.26 bits per heavy atom. The number of ether oxygens (including phenoxy) is 1. The van der Waals surface area contributed by atoms with Gasteiger partial charge in [-0.1, -0.05) is 12.1 Å². The molecule has 0 aliphatic heterocycles. The fraction of sp³-hybridized carbons (Fsp3) is 0.235. The number of carbonyl (C=O) groups excluding carboxylic acids is 3. The van der Waals surface area contributed by atoms with E-state index >= 15 is 0 Å². The molecular formula is C17H17NO4S. The van der Waals surface area contributed by atoms with Crippen molar-refractivity contribution in [1.29, 1.82) is 0 Å². The minimum absolute atomic E-state index is 0.0419. The number of hydrogen-bond donors (Lipinski definition) is 1. The third kappa shape index (κ3) is 4.50. The molecule has 1 amide bonds. The van der Waals surface area contributed by atoms with Gasteiger partial charge in [-0.3, -0.25) is 9.59 Å². The molecule has 0 spiro atoms. The van der Waals surface area contributed by atoms with Gasteiger partial charge in [0.15, 0.2) is 5.78 Å². The van der Waals surface area contributed by atoms with E-state index < -0.39 is 0 Å². The van der Waals surface area contributed by atoms with Crippen molar-refractivity contribution in [3.63, 3.8) is 0 Å². The summed E-state index contributed by atoms with van der Waals surface area (Å²) in [6.07, 6.45) is 0.651. The van der Waals surface area contributed by atoms with Crippen LogP contribution in [0.3, 0.4) is 0 Å². The average Bonchev–Trinajstić information content (AvgIpc) is 3.05. The molecule has 0 radical (unpaired) electrons. The Morgan fingerprint density at radius 2 is 1.70 bits per heavy atom. The third-order valence-electron chi connectivity index (χ3n) is 3.25. The maximum absolute atomic E-state index is 12.0. The van der Waals surface area contributed by atoms with Gasteiger partial charge < -0.3 is 10.1 Å². The Bertz CT molecular complexity index is 718. The molecule has 120 valence electrons. The minimum Gasteiger partial charge on any atom is -0.465 e. The number of benzene rings is 1. The fourth-order valence-electron chi connectivity index (χ4n) is 1.98. The van der Waals surface area contributed by atoms with Crippen LogP contribution in [0.15, 0.2) is 36.4 Å². The maximum Gasteiger partial charge on any atom is 0.337 e. The Kier molecular flexibility index (Phi) is 5.65. The Balaban J connectivity index is 1.85. The molecule has 0 bridgehead atoms. The molecule has 0 saturated heterocycles. The SMILES string of the molecule is COC(=O)c1ccc(CCNC(=O)c2ccc(C(C)=O)s2)cc1. The summed E-state index contributed by atoms with van der Waals surface area (Å²) in [4.78, 5) is 35.6. The molecule has 2 rings (SSSR count). The van der Waals surface area contributed by atoms with Crippen molar-refractivity contribution in [3.05, 3.63) is 57.3 Å². The molecule has 23 heavy (non-hydrogen) atoms. The second-order valence-corrected chi connectivity index (χ2v) is 6.00. The lowest BCUT2D eigenvalue weighted by molar-refractivity contribution is 0.0600. The summed E-state index contributed by atoms with van der Waals surface area (Å²) in [7, 11) is 1.34. The number of carbonyl (C=O) groups is 3. The molecule has 0 unspecified atom stereocenters. The van der Waals surface area contributed by atoms with Crippen molar-refractivity contribution >= 4 is 29.0 Å². The maximum atomic E-state index is 12.0. The summed E-state index contributed by atoms with van der Waals surface area (Å²) in [5.74, 6) is -0.600.